The molecule has 21 heavy (non-hydrogen) atoms. The molecule has 0 amide bonds. The van der Waals surface area contributed by atoms with Gasteiger partial charge in [-0.1, -0.05) is 19.3 Å². The molecule has 0 aliphatic heterocycles. The average Bonchev–Trinajstić information content (AvgIpc) is 2.49. The maximum absolute atomic E-state index is 13.1. The molecule has 0 radical (unpaired) electrons. The van der Waals surface area contributed by atoms with Crippen molar-refractivity contribution in [2.45, 2.75) is 44.6 Å². The SMILES string of the molecule is O=C1CC(Oc2ccc(F)cc2[N+](=O)[O-])C12CCCCC2. The number of hydrogen-bond acceptors (Lipinski definition) is 4. The Balaban J connectivity index is 1.84. The first-order valence-electron chi connectivity index (χ1n) is 7.17. The Morgan fingerprint density at radius 2 is 2.00 bits per heavy atom. The second-order valence-corrected chi connectivity index (χ2v) is 5.82. The summed E-state index contributed by atoms with van der Waals surface area (Å²) in [5.74, 6) is -0.438. The molecule has 0 aromatic heterocycles. The number of hydrogen-bond donors (Lipinski definition) is 0. The molecule has 0 heterocycles. The summed E-state index contributed by atoms with van der Waals surface area (Å²) in [5, 5.41) is 11.0. The van der Waals surface area contributed by atoms with E-state index in [1.165, 1.54) is 6.07 Å². The van der Waals surface area contributed by atoms with Crippen LogP contribution in [-0.2, 0) is 4.79 Å². The van der Waals surface area contributed by atoms with Crippen LogP contribution in [0.2, 0.25) is 0 Å². The summed E-state index contributed by atoms with van der Waals surface area (Å²) in [6.45, 7) is 0. The zero-order chi connectivity index (χ0) is 15.0. The molecule has 2 fully saturated rings. The molecule has 2 aliphatic rings. The Morgan fingerprint density at radius 1 is 1.29 bits per heavy atom. The van der Waals surface area contributed by atoms with Crippen molar-refractivity contribution in [1.29, 1.82) is 0 Å². The molecule has 1 spiro atoms. The fourth-order valence-electron chi connectivity index (χ4n) is 3.44. The first kappa shape index (κ1) is 14.0. The van der Waals surface area contributed by atoms with Crippen molar-refractivity contribution in [3.8, 4) is 5.75 Å². The Kier molecular flexibility index (Phi) is 3.39. The van der Waals surface area contributed by atoms with E-state index in [1.807, 2.05) is 0 Å². The Bertz CT molecular complexity index is 595. The lowest BCUT2D eigenvalue weighted by atomic mass is 9.57. The number of nitro groups is 1. The third kappa shape index (κ3) is 2.28. The van der Waals surface area contributed by atoms with Gasteiger partial charge in [-0.25, -0.2) is 4.39 Å². The van der Waals surface area contributed by atoms with Crippen LogP contribution < -0.4 is 4.74 Å². The Morgan fingerprint density at radius 3 is 2.62 bits per heavy atom. The van der Waals surface area contributed by atoms with Gasteiger partial charge in [0.25, 0.3) is 0 Å². The van der Waals surface area contributed by atoms with Gasteiger partial charge in [0.2, 0.25) is 0 Å². The van der Waals surface area contributed by atoms with Gasteiger partial charge in [0.05, 0.1) is 16.4 Å². The molecule has 1 aromatic carbocycles. The van der Waals surface area contributed by atoms with Crippen LogP contribution >= 0.6 is 0 Å². The molecule has 2 saturated carbocycles. The predicted molar refractivity (Wildman–Crippen MR) is 72.6 cm³/mol. The largest absolute Gasteiger partial charge is 0.482 e. The number of ether oxygens (including phenoxy) is 1. The van der Waals surface area contributed by atoms with E-state index in [0.717, 1.165) is 44.2 Å². The summed E-state index contributed by atoms with van der Waals surface area (Å²) >= 11 is 0. The van der Waals surface area contributed by atoms with Crippen molar-refractivity contribution in [1.82, 2.24) is 0 Å². The van der Waals surface area contributed by atoms with Gasteiger partial charge in [-0.05, 0) is 25.0 Å². The first-order chi connectivity index (χ1) is 10.0. The first-order valence-corrected chi connectivity index (χ1v) is 7.17. The van der Waals surface area contributed by atoms with E-state index in [9.17, 15) is 19.3 Å². The van der Waals surface area contributed by atoms with Crippen LogP contribution in [-0.4, -0.2) is 16.8 Å². The maximum Gasteiger partial charge on any atom is 0.313 e. The van der Waals surface area contributed by atoms with E-state index in [0.29, 0.717) is 0 Å². The minimum atomic E-state index is -0.675. The zero-order valence-corrected chi connectivity index (χ0v) is 11.5. The quantitative estimate of drug-likeness (QED) is 0.632. The molecule has 1 aromatic rings. The van der Waals surface area contributed by atoms with Crippen molar-refractivity contribution in [3.63, 3.8) is 0 Å². The van der Waals surface area contributed by atoms with E-state index in [4.69, 9.17) is 4.74 Å². The summed E-state index contributed by atoms with van der Waals surface area (Å²) in [5.41, 5.74) is -0.860. The topological polar surface area (TPSA) is 69.4 Å². The summed E-state index contributed by atoms with van der Waals surface area (Å²) in [4.78, 5) is 22.3. The molecule has 5 nitrogen and oxygen atoms in total. The minimum Gasteiger partial charge on any atom is -0.482 e. The molecule has 6 heteroatoms. The van der Waals surface area contributed by atoms with Crippen LogP contribution in [0.4, 0.5) is 10.1 Å². The molecule has 112 valence electrons. The van der Waals surface area contributed by atoms with Gasteiger partial charge in [-0.2, -0.15) is 0 Å². The fourth-order valence-corrected chi connectivity index (χ4v) is 3.44. The molecule has 1 atom stereocenters. The Hall–Kier alpha value is -1.98. The molecule has 3 rings (SSSR count). The third-order valence-corrected chi connectivity index (χ3v) is 4.68. The molecule has 0 saturated heterocycles. The van der Waals surface area contributed by atoms with E-state index in [-0.39, 0.29) is 29.7 Å². The zero-order valence-electron chi connectivity index (χ0n) is 11.5. The van der Waals surface area contributed by atoms with Crippen molar-refractivity contribution in [2.24, 2.45) is 5.41 Å². The maximum atomic E-state index is 13.1. The predicted octanol–water partition coefficient (Wildman–Crippen LogP) is 3.40. The third-order valence-electron chi connectivity index (χ3n) is 4.68. The van der Waals surface area contributed by atoms with Gasteiger partial charge in [0.1, 0.15) is 17.7 Å². The fraction of sp³-hybridized carbons (Fsp3) is 0.533. The molecule has 0 bridgehead atoms. The van der Waals surface area contributed by atoms with Gasteiger partial charge < -0.3 is 4.74 Å². The highest BCUT2D eigenvalue weighted by Crippen LogP contribution is 2.51. The smallest absolute Gasteiger partial charge is 0.313 e. The summed E-state index contributed by atoms with van der Waals surface area (Å²) in [6, 6.07) is 3.26. The van der Waals surface area contributed by atoms with Crippen molar-refractivity contribution in [3.05, 3.63) is 34.1 Å². The monoisotopic (exact) mass is 293 g/mol. The lowest BCUT2D eigenvalue weighted by Gasteiger charge is -2.49. The summed E-state index contributed by atoms with van der Waals surface area (Å²) < 4.78 is 18.9. The van der Waals surface area contributed by atoms with Crippen LogP contribution in [0.1, 0.15) is 38.5 Å². The van der Waals surface area contributed by atoms with Gasteiger partial charge in [-0.3, -0.25) is 14.9 Å². The highest BCUT2D eigenvalue weighted by molar-refractivity contribution is 5.92. The molecular weight excluding hydrogens is 277 g/mol. The average molecular weight is 293 g/mol. The number of ketones is 1. The molecule has 1 unspecified atom stereocenters. The number of benzene rings is 1. The van der Waals surface area contributed by atoms with Crippen LogP contribution in [0.25, 0.3) is 0 Å². The number of Topliss-reactive ketones (excluding diaryl/α,β-unsaturated/α-hetero) is 1. The van der Waals surface area contributed by atoms with Crippen LogP contribution in [0.5, 0.6) is 5.75 Å². The van der Waals surface area contributed by atoms with Crippen LogP contribution in [0.3, 0.4) is 0 Å². The van der Waals surface area contributed by atoms with Crippen molar-refractivity contribution in [2.75, 3.05) is 0 Å². The van der Waals surface area contributed by atoms with Crippen molar-refractivity contribution >= 4 is 11.5 Å². The van der Waals surface area contributed by atoms with E-state index >= 15 is 0 Å². The van der Waals surface area contributed by atoms with E-state index < -0.39 is 16.2 Å². The summed E-state index contributed by atoms with van der Waals surface area (Å²) in [7, 11) is 0. The van der Waals surface area contributed by atoms with E-state index in [1.54, 1.807) is 0 Å². The van der Waals surface area contributed by atoms with Gasteiger partial charge >= 0.3 is 5.69 Å². The number of nitrogens with zero attached hydrogens (tertiary/aromatic N) is 1. The van der Waals surface area contributed by atoms with Crippen LogP contribution in [0, 0.1) is 21.3 Å². The highest BCUT2D eigenvalue weighted by atomic mass is 19.1. The van der Waals surface area contributed by atoms with Gasteiger partial charge in [-0.15, -0.1) is 0 Å². The Labute approximate surface area is 121 Å². The van der Waals surface area contributed by atoms with E-state index in [2.05, 4.69) is 0 Å². The van der Waals surface area contributed by atoms with Gasteiger partial charge in [0.15, 0.2) is 5.75 Å². The highest BCUT2D eigenvalue weighted by Gasteiger charge is 2.56. The number of halogens is 1. The van der Waals surface area contributed by atoms with Crippen molar-refractivity contribution < 1.29 is 18.8 Å². The second kappa shape index (κ2) is 5.09. The second-order valence-electron chi connectivity index (χ2n) is 5.82. The molecule has 0 N–H and O–H groups in total. The number of nitro benzene ring substituents is 1. The molecular formula is C15H16FNO4. The van der Waals surface area contributed by atoms with Gasteiger partial charge in [0, 0.05) is 6.42 Å². The minimum absolute atomic E-state index is 0.0452. The number of rotatable bonds is 3. The summed E-state index contributed by atoms with van der Waals surface area (Å²) in [6.07, 6.45) is 4.60. The van der Waals surface area contributed by atoms with Crippen LogP contribution in [0.15, 0.2) is 18.2 Å². The standard InChI is InChI=1S/C15H16FNO4/c16-10-4-5-12(11(8-10)17(19)20)21-14-9-13(18)15(14)6-2-1-3-7-15/h4-5,8,14H,1-3,6-7,9H2. The lowest BCUT2D eigenvalue weighted by Crippen LogP contribution is -2.57. The lowest BCUT2D eigenvalue weighted by molar-refractivity contribution is -0.386. The number of carbonyl (C=O) groups excluding carboxylic acids is 1. The normalized spacial score (nSPS) is 23.7. The molecule has 2 aliphatic carbocycles. The number of carbonyl (C=O) groups is 1.